The highest BCUT2D eigenvalue weighted by Gasteiger charge is 2.33. The smallest absolute Gasteiger partial charge is 0.322 e. The van der Waals surface area contributed by atoms with Crippen LogP contribution in [0.25, 0.3) is 0 Å². The normalized spacial score (nSPS) is 19.1. The molecular formula is C13H17N3O4S. The van der Waals surface area contributed by atoms with Crippen molar-refractivity contribution >= 4 is 29.1 Å². The second kappa shape index (κ2) is 6.68. The van der Waals surface area contributed by atoms with Crippen LogP contribution in [0.15, 0.2) is 17.5 Å². The molecule has 1 saturated heterocycles. The molecule has 114 valence electrons. The number of carbonyl (C=O) groups is 3. The number of carboxylic acids is 1. The quantitative estimate of drug-likeness (QED) is 0.772. The van der Waals surface area contributed by atoms with Crippen LogP contribution in [0.5, 0.6) is 0 Å². The van der Waals surface area contributed by atoms with E-state index in [2.05, 4.69) is 5.32 Å². The number of carboxylic acid groups (broad SMARTS) is 1. The SMILES string of the molecule is CN(Cc1cccs1)C(=O)CN1CC(=O)NCC1C(=O)O. The van der Waals surface area contributed by atoms with Gasteiger partial charge >= 0.3 is 5.97 Å². The second-order valence-electron chi connectivity index (χ2n) is 4.89. The van der Waals surface area contributed by atoms with Crippen LogP contribution in [-0.2, 0) is 20.9 Å². The first-order valence-electron chi connectivity index (χ1n) is 6.47. The van der Waals surface area contributed by atoms with Crippen LogP contribution in [0.3, 0.4) is 0 Å². The molecule has 7 nitrogen and oxygen atoms in total. The van der Waals surface area contributed by atoms with Crippen molar-refractivity contribution in [1.82, 2.24) is 15.1 Å². The lowest BCUT2D eigenvalue weighted by Crippen LogP contribution is -2.59. The van der Waals surface area contributed by atoms with Crippen molar-refractivity contribution in [2.24, 2.45) is 0 Å². The zero-order valence-corrected chi connectivity index (χ0v) is 12.4. The van der Waals surface area contributed by atoms with Crippen molar-refractivity contribution in [3.05, 3.63) is 22.4 Å². The molecule has 1 aliphatic heterocycles. The van der Waals surface area contributed by atoms with E-state index in [0.717, 1.165) is 4.88 Å². The third-order valence-electron chi connectivity index (χ3n) is 3.30. The van der Waals surface area contributed by atoms with Crippen molar-refractivity contribution in [2.75, 3.05) is 26.7 Å². The van der Waals surface area contributed by atoms with Gasteiger partial charge in [0.2, 0.25) is 11.8 Å². The van der Waals surface area contributed by atoms with Gasteiger partial charge in [0.25, 0.3) is 0 Å². The molecule has 2 rings (SSSR count). The van der Waals surface area contributed by atoms with Gasteiger partial charge in [-0.1, -0.05) is 6.07 Å². The Morgan fingerprint density at radius 3 is 2.95 bits per heavy atom. The van der Waals surface area contributed by atoms with E-state index in [9.17, 15) is 14.4 Å². The fraction of sp³-hybridized carbons (Fsp3) is 0.462. The first-order chi connectivity index (χ1) is 9.97. The van der Waals surface area contributed by atoms with Crippen LogP contribution in [0, 0.1) is 0 Å². The second-order valence-corrected chi connectivity index (χ2v) is 5.92. The Morgan fingerprint density at radius 2 is 2.33 bits per heavy atom. The number of nitrogens with one attached hydrogen (secondary N) is 1. The maximum atomic E-state index is 12.2. The minimum atomic E-state index is -1.04. The molecule has 0 aliphatic carbocycles. The van der Waals surface area contributed by atoms with Gasteiger partial charge in [0.1, 0.15) is 6.04 Å². The van der Waals surface area contributed by atoms with E-state index in [-0.39, 0.29) is 31.4 Å². The summed E-state index contributed by atoms with van der Waals surface area (Å²) in [6.07, 6.45) is 0. The Hall–Kier alpha value is -1.93. The Morgan fingerprint density at radius 1 is 1.57 bits per heavy atom. The summed E-state index contributed by atoms with van der Waals surface area (Å²) < 4.78 is 0. The van der Waals surface area contributed by atoms with Gasteiger partial charge in [0.05, 0.1) is 19.6 Å². The number of carbonyl (C=O) groups excluding carboxylic acids is 2. The van der Waals surface area contributed by atoms with E-state index in [1.807, 2.05) is 17.5 Å². The molecule has 2 heterocycles. The lowest BCUT2D eigenvalue weighted by molar-refractivity contribution is -0.147. The third kappa shape index (κ3) is 4.02. The number of likely N-dealkylation sites (N-methyl/N-ethyl adjacent to an activating group) is 1. The zero-order valence-electron chi connectivity index (χ0n) is 11.6. The molecule has 1 unspecified atom stereocenters. The van der Waals surface area contributed by atoms with E-state index in [1.165, 1.54) is 9.80 Å². The van der Waals surface area contributed by atoms with Crippen LogP contribution in [-0.4, -0.2) is 65.4 Å². The van der Waals surface area contributed by atoms with Gasteiger partial charge in [-0.2, -0.15) is 0 Å². The zero-order chi connectivity index (χ0) is 15.4. The standard InChI is InChI=1S/C13H17N3O4S/c1-15(6-9-3-2-4-21-9)12(18)8-16-7-11(17)14-5-10(16)13(19)20/h2-4,10H,5-8H2,1H3,(H,14,17)(H,19,20). The predicted octanol–water partition coefficient (Wildman–Crippen LogP) is -0.408. The molecule has 8 heteroatoms. The molecule has 1 aromatic rings. The molecular weight excluding hydrogens is 294 g/mol. The maximum Gasteiger partial charge on any atom is 0.322 e. The number of aliphatic carboxylic acids is 1. The van der Waals surface area contributed by atoms with Crippen molar-refractivity contribution < 1.29 is 19.5 Å². The molecule has 1 aromatic heterocycles. The summed E-state index contributed by atoms with van der Waals surface area (Å²) in [4.78, 5) is 38.7. The van der Waals surface area contributed by atoms with Crippen molar-refractivity contribution in [3.8, 4) is 0 Å². The highest BCUT2D eigenvalue weighted by atomic mass is 32.1. The predicted molar refractivity (Wildman–Crippen MR) is 76.8 cm³/mol. The maximum absolute atomic E-state index is 12.2. The molecule has 2 amide bonds. The van der Waals surface area contributed by atoms with E-state index in [0.29, 0.717) is 6.54 Å². The summed E-state index contributed by atoms with van der Waals surface area (Å²) in [6.45, 7) is 0.353. The molecule has 0 saturated carbocycles. The number of rotatable bonds is 5. The summed E-state index contributed by atoms with van der Waals surface area (Å²) in [7, 11) is 1.67. The molecule has 0 bridgehead atoms. The average Bonchev–Trinajstić information content (AvgIpc) is 2.91. The van der Waals surface area contributed by atoms with Gasteiger partial charge in [0, 0.05) is 18.5 Å². The minimum absolute atomic E-state index is 0.0239. The molecule has 1 fully saturated rings. The lowest BCUT2D eigenvalue weighted by Gasteiger charge is -2.33. The van der Waals surface area contributed by atoms with Gasteiger partial charge in [-0.25, -0.2) is 0 Å². The topological polar surface area (TPSA) is 90.0 Å². The van der Waals surface area contributed by atoms with E-state index >= 15 is 0 Å². The number of nitrogens with zero attached hydrogens (tertiary/aromatic N) is 2. The summed E-state index contributed by atoms with van der Waals surface area (Å²) in [5.74, 6) is -1.51. The third-order valence-corrected chi connectivity index (χ3v) is 4.16. The lowest BCUT2D eigenvalue weighted by atomic mass is 10.2. The van der Waals surface area contributed by atoms with E-state index in [1.54, 1.807) is 18.4 Å². The van der Waals surface area contributed by atoms with Crippen LogP contribution >= 0.6 is 11.3 Å². The van der Waals surface area contributed by atoms with Crippen molar-refractivity contribution in [1.29, 1.82) is 0 Å². The molecule has 1 aliphatic rings. The Bertz CT molecular complexity index is 532. The highest BCUT2D eigenvalue weighted by Crippen LogP contribution is 2.12. The van der Waals surface area contributed by atoms with Crippen LogP contribution in [0.1, 0.15) is 4.88 Å². The Balaban J connectivity index is 1.95. The van der Waals surface area contributed by atoms with Gasteiger partial charge in [-0.15, -0.1) is 11.3 Å². The highest BCUT2D eigenvalue weighted by molar-refractivity contribution is 7.09. The summed E-state index contributed by atoms with van der Waals surface area (Å²) in [6, 6.07) is 2.98. The molecule has 21 heavy (non-hydrogen) atoms. The Kier molecular flexibility index (Phi) is 4.92. The van der Waals surface area contributed by atoms with E-state index in [4.69, 9.17) is 5.11 Å². The van der Waals surface area contributed by atoms with Gasteiger partial charge in [0.15, 0.2) is 0 Å². The van der Waals surface area contributed by atoms with E-state index < -0.39 is 12.0 Å². The first kappa shape index (κ1) is 15.5. The van der Waals surface area contributed by atoms with Crippen LogP contribution in [0.4, 0.5) is 0 Å². The van der Waals surface area contributed by atoms with Gasteiger partial charge < -0.3 is 15.3 Å². The van der Waals surface area contributed by atoms with Gasteiger partial charge in [-0.3, -0.25) is 19.3 Å². The van der Waals surface area contributed by atoms with Crippen LogP contribution < -0.4 is 5.32 Å². The first-order valence-corrected chi connectivity index (χ1v) is 7.35. The average molecular weight is 311 g/mol. The van der Waals surface area contributed by atoms with Crippen LogP contribution in [0.2, 0.25) is 0 Å². The van der Waals surface area contributed by atoms with Gasteiger partial charge in [-0.05, 0) is 11.4 Å². The molecule has 0 aromatic carbocycles. The fourth-order valence-corrected chi connectivity index (χ4v) is 2.88. The summed E-state index contributed by atoms with van der Waals surface area (Å²) >= 11 is 1.55. The Labute approximate surface area is 126 Å². The largest absolute Gasteiger partial charge is 0.480 e. The van der Waals surface area contributed by atoms with Crippen molar-refractivity contribution in [3.63, 3.8) is 0 Å². The molecule has 1 atom stereocenters. The number of thiophene rings is 1. The summed E-state index contributed by atoms with van der Waals surface area (Å²) in [5, 5.41) is 13.6. The number of amides is 2. The fourth-order valence-electron chi connectivity index (χ4n) is 2.12. The number of piperazine rings is 1. The monoisotopic (exact) mass is 311 g/mol. The minimum Gasteiger partial charge on any atom is -0.480 e. The summed E-state index contributed by atoms with van der Waals surface area (Å²) in [5.41, 5.74) is 0. The molecule has 0 radical (unpaired) electrons. The molecule has 2 N–H and O–H groups in total. The van der Waals surface area contributed by atoms with Crippen molar-refractivity contribution in [2.45, 2.75) is 12.6 Å². The molecule has 0 spiro atoms. The number of hydrogen-bond donors (Lipinski definition) is 2. The number of hydrogen-bond acceptors (Lipinski definition) is 5.